The van der Waals surface area contributed by atoms with Gasteiger partial charge >= 0.3 is 13.1 Å². The van der Waals surface area contributed by atoms with Crippen LogP contribution in [-0.4, -0.2) is 47.6 Å². The minimum atomic E-state index is -0.615. The average Bonchev–Trinajstić information content (AvgIpc) is 3.08. The van der Waals surface area contributed by atoms with Crippen LogP contribution in [0, 0.1) is 5.92 Å². The number of nitrogens with zero attached hydrogens (tertiary/aromatic N) is 1. The zero-order chi connectivity index (χ0) is 27.2. The molecule has 1 N–H and O–H groups in total. The molecule has 1 aromatic carbocycles. The Morgan fingerprint density at radius 2 is 1.78 bits per heavy atom. The van der Waals surface area contributed by atoms with E-state index in [4.69, 9.17) is 23.9 Å². The smallest absolute Gasteiger partial charge is 0.491 e. The third-order valence-corrected chi connectivity index (χ3v) is 6.88. The average molecular weight is 507 g/mol. The molecular formula is C29H38BNO6. The molecule has 0 bridgehead atoms. The molecule has 1 fully saturated rings. The van der Waals surface area contributed by atoms with E-state index in [2.05, 4.69) is 25.4 Å². The Hall–Kier alpha value is -2.94. The van der Waals surface area contributed by atoms with E-state index in [9.17, 15) is 4.79 Å². The molecule has 0 aliphatic carbocycles. The largest absolute Gasteiger partial charge is 0.494 e. The van der Waals surface area contributed by atoms with Crippen LogP contribution in [-0.2, 0) is 14.0 Å². The van der Waals surface area contributed by atoms with Crippen LogP contribution in [0.25, 0.3) is 0 Å². The third-order valence-electron chi connectivity index (χ3n) is 6.88. The topological polar surface area (TPSA) is 87.1 Å². The molecule has 37 heavy (non-hydrogen) atoms. The molecule has 0 radical (unpaired) electrons. The van der Waals surface area contributed by atoms with Crippen LogP contribution < -0.4 is 4.74 Å². The van der Waals surface area contributed by atoms with Gasteiger partial charge in [-0.25, -0.2) is 4.79 Å². The molecule has 198 valence electrons. The lowest BCUT2D eigenvalue weighted by molar-refractivity contribution is 0.00578. The summed E-state index contributed by atoms with van der Waals surface area (Å²) in [5.41, 5.74) is 1.91. The highest BCUT2D eigenvalue weighted by atomic mass is 16.7. The first-order valence-electron chi connectivity index (χ1n) is 12.6. The quantitative estimate of drug-likeness (QED) is 0.244. The van der Waals surface area contributed by atoms with Gasteiger partial charge in [0.15, 0.2) is 0 Å². The lowest BCUT2D eigenvalue weighted by Crippen LogP contribution is -2.41. The van der Waals surface area contributed by atoms with E-state index < -0.39 is 30.4 Å². The van der Waals surface area contributed by atoms with Gasteiger partial charge in [0.05, 0.1) is 23.4 Å². The first-order chi connectivity index (χ1) is 17.4. The summed E-state index contributed by atoms with van der Waals surface area (Å²) in [6.45, 7) is 16.6. The van der Waals surface area contributed by atoms with Crippen LogP contribution in [0.2, 0.25) is 0 Å². The fourth-order valence-electron chi connectivity index (χ4n) is 3.82. The zero-order valence-electron chi connectivity index (χ0n) is 22.7. The van der Waals surface area contributed by atoms with E-state index in [0.29, 0.717) is 17.7 Å². The van der Waals surface area contributed by atoms with E-state index in [-0.39, 0.29) is 19.1 Å². The van der Waals surface area contributed by atoms with Crippen molar-refractivity contribution in [2.45, 2.75) is 65.3 Å². The van der Waals surface area contributed by atoms with E-state index in [0.717, 1.165) is 16.6 Å². The minimum Gasteiger partial charge on any atom is -0.491 e. The van der Waals surface area contributed by atoms with E-state index in [1.165, 1.54) is 0 Å². The number of pyridine rings is 1. The predicted molar refractivity (Wildman–Crippen MR) is 144 cm³/mol. The summed E-state index contributed by atoms with van der Waals surface area (Å²) < 4.78 is 24.3. The van der Waals surface area contributed by atoms with Crippen LogP contribution in [0.15, 0.2) is 72.5 Å². The number of hydrogen-bond donors (Lipinski definition) is 1. The van der Waals surface area contributed by atoms with Crippen molar-refractivity contribution in [3.05, 3.63) is 83.6 Å². The number of allylic oxidation sites excluding steroid dienone is 2. The molecule has 2 aromatic rings. The van der Waals surface area contributed by atoms with Gasteiger partial charge in [0.2, 0.25) is 0 Å². The van der Waals surface area contributed by atoms with Crippen molar-refractivity contribution in [3.63, 3.8) is 0 Å². The lowest BCUT2D eigenvalue weighted by atomic mass is 9.70. The number of carbonyl (C=O) groups is 1. The summed E-state index contributed by atoms with van der Waals surface area (Å²) >= 11 is 0. The van der Waals surface area contributed by atoms with Gasteiger partial charge in [-0.3, -0.25) is 4.98 Å². The Morgan fingerprint density at radius 3 is 2.38 bits per heavy atom. The van der Waals surface area contributed by atoms with Crippen molar-refractivity contribution in [1.82, 2.24) is 4.98 Å². The zero-order valence-corrected chi connectivity index (χ0v) is 22.7. The monoisotopic (exact) mass is 507 g/mol. The summed E-state index contributed by atoms with van der Waals surface area (Å²) in [4.78, 5) is 17.0. The number of hydrogen-bond acceptors (Lipinski definition) is 7. The van der Waals surface area contributed by atoms with E-state index in [1.54, 1.807) is 30.6 Å². The maximum atomic E-state index is 13.0. The number of aliphatic hydroxyl groups excluding tert-OH is 1. The van der Waals surface area contributed by atoms with Crippen LogP contribution in [0.5, 0.6) is 5.75 Å². The minimum absolute atomic E-state index is 0.0951. The molecule has 0 spiro atoms. The molecule has 1 aliphatic heterocycles. The highest BCUT2D eigenvalue weighted by Crippen LogP contribution is 2.41. The molecule has 2 heterocycles. The number of aromatic nitrogens is 1. The number of esters is 1. The van der Waals surface area contributed by atoms with Crippen molar-refractivity contribution in [1.29, 1.82) is 0 Å². The summed E-state index contributed by atoms with van der Waals surface area (Å²) in [7, 11) is -0.587. The first kappa shape index (κ1) is 28.6. The Balaban J connectivity index is 1.95. The maximum Gasteiger partial charge on any atom is 0.494 e. The highest BCUT2D eigenvalue weighted by Gasteiger charge is 2.52. The third kappa shape index (κ3) is 7.09. The van der Waals surface area contributed by atoms with Gasteiger partial charge in [-0.15, -0.1) is 0 Å². The van der Waals surface area contributed by atoms with Gasteiger partial charge < -0.3 is 23.9 Å². The molecule has 3 rings (SSSR count). The molecule has 7 nitrogen and oxygen atoms in total. The fourth-order valence-corrected chi connectivity index (χ4v) is 3.82. The van der Waals surface area contributed by atoms with Crippen LogP contribution >= 0.6 is 0 Å². The second kappa shape index (κ2) is 12.1. The Labute approximate surface area is 220 Å². The van der Waals surface area contributed by atoms with Crippen LogP contribution in [0.1, 0.15) is 70.0 Å². The molecule has 8 heteroatoms. The molecule has 1 atom stereocenters. The molecular weight excluding hydrogens is 469 g/mol. The Morgan fingerprint density at radius 1 is 1.14 bits per heavy atom. The molecule has 1 aliphatic rings. The van der Waals surface area contributed by atoms with Crippen molar-refractivity contribution < 1.29 is 28.7 Å². The number of benzene rings is 1. The second-order valence-corrected chi connectivity index (χ2v) is 10.4. The van der Waals surface area contributed by atoms with Crippen molar-refractivity contribution in [2.75, 3.05) is 13.2 Å². The normalized spacial score (nSPS) is 17.5. The number of aliphatic hydroxyl groups is 1. The van der Waals surface area contributed by atoms with Crippen molar-refractivity contribution in [3.8, 4) is 5.75 Å². The van der Waals surface area contributed by atoms with Gasteiger partial charge in [-0.2, -0.15) is 0 Å². The summed E-state index contributed by atoms with van der Waals surface area (Å²) in [6.07, 6.45) is 4.85. The van der Waals surface area contributed by atoms with E-state index >= 15 is 0 Å². The summed E-state index contributed by atoms with van der Waals surface area (Å²) in [6, 6.07) is 10.6. The highest BCUT2D eigenvalue weighted by molar-refractivity contribution is 6.56. The van der Waals surface area contributed by atoms with Gasteiger partial charge in [0, 0.05) is 18.8 Å². The maximum absolute atomic E-state index is 13.0. The Kier molecular flexibility index (Phi) is 9.34. The standard InChI is InChI=1S/C29H38BNO6/c1-20(2)21(3)25(30-36-28(4,5)29(6,7)37-30)11-12-26(35-27(33)22-13-15-31-16-14-22)23-9-8-10-24(19-23)34-18-17-32/h8-11,13-16,19-20,26,32H,3,12,17-18H2,1-2,4-7H3/b25-11-/t26-/m1/s1. The number of ether oxygens (including phenoxy) is 2. The van der Waals surface area contributed by atoms with Crippen LogP contribution in [0.3, 0.4) is 0 Å². The molecule has 0 unspecified atom stereocenters. The van der Waals surface area contributed by atoms with Gasteiger partial charge in [-0.1, -0.05) is 44.2 Å². The summed E-state index contributed by atoms with van der Waals surface area (Å²) in [5.74, 6) is 0.291. The molecule has 0 saturated carbocycles. The number of rotatable bonds is 11. The second-order valence-electron chi connectivity index (χ2n) is 10.4. The van der Waals surface area contributed by atoms with Crippen molar-refractivity contribution >= 4 is 13.1 Å². The number of carbonyl (C=O) groups excluding carboxylic acids is 1. The Bertz CT molecular complexity index is 1100. The fraction of sp³-hybridized carbons (Fsp3) is 0.448. The van der Waals surface area contributed by atoms with Gasteiger partial charge in [0.1, 0.15) is 18.5 Å². The van der Waals surface area contributed by atoms with Crippen LogP contribution in [0.4, 0.5) is 0 Å². The lowest BCUT2D eigenvalue weighted by Gasteiger charge is -2.32. The summed E-state index contributed by atoms with van der Waals surface area (Å²) in [5, 5.41) is 9.13. The predicted octanol–water partition coefficient (Wildman–Crippen LogP) is 5.51. The molecule has 1 aromatic heterocycles. The molecule has 0 amide bonds. The van der Waals surface area contributed by atoms with Gasteiger partial charge in [0.25, 0.3) is 0 Å². The SMILES string of the molecule is C=C(/C(=C/C[C@@H](OC(=O)c1ccncc1)c1cccc(OCCO)c1)B1OC(C)(C)C(C)(C)O1)C(C)C. The molecule has 1 saturated heterocycles. The van der Waals surface area contributed by atoms with E-state index in [1.807, 2.05) is 52.0 Å². The first-order valence-corrected chi connectivity index (χ1v) is 12.6. The van der Waals surface area contributed by atoms with Crippen molar-refractivity contribution in [2.24, 2.45) is 5.92 Å². The van der Waals surface area contributed by atoms with Gasteiger partial charge in [-0.05, 0) is 68.9 Å².